The lowest BCUT2D eigenvalue weighted by molar-refractivity contribution is -0.123. The Kier molecular flexibility index (Phi) is 6.71. The first-order chi connectivity index (χ1) is 12.4. The average molecular weight is 360 g/mol. The minimum absolute atomic E-state index is 0.0706. The van der Waals surface area contributed by atoms with Gasteiger partial charge in [-0.05, 0) is 44.5 Å². The topological polar surface area (TPSA) is 106 Å². The van der Waals surface area contributed by atoms with Crippen LogP contribution < -0.4 is 15.4 Å². The molecule has 1 aromatic heterocycles. The molecule has 0 radical (unpaired) electrons. The van der Waals surface area contributed by atoms with Gasteiger partial charge in [0.25, 0.3) is 5.91 Å². The Balaban J connectivity index is 1.86. The summed E-state index contributed by atoms with van der Waals surface area (Å²) < 4.78 is 10.4. The van der Waals surface area contributed by atoms with Gasteiger partial charge in [0.15, 0.2) is 6.61 Å². The second kappa shape index (κ2) is 8.98. The van der Waals surface area contributed by atoms with Gasteiger partial charge in [0, 0.05) is 18.5 Å². The maximum absolute atomic E-state index is 12.2. The van der Waals surface area contributed by atoms with E-state index in [0.29, 0.717) is 23.0 Å². The summed E-state index contributed by atoms with van der Waals surface area (Å²) in [6, 6.07) is 6.06. The highest BCUT2D eigenvalue weighted by Crippen LogP contribution is 2.14. The van der Waals surface area contributed by atoms with Gasteiger partial charge in [-0.2, -0.15) is 4.98 Å². The molecule has 1 aromatic carbocycles. The summed E-state index contributed by atoms with van der Waals surface area (Å²) in [5.74, 6) is 0.972. The molecule has 0 aliphatic rings. The summed E-state index contributed by atoms with van der Waals surface area (Å²) in [5.41, 5.74) is 0.441. The lowest BCUT2D eigenvalue weighted by Gasteiger charge is -2.17. The smallest absolute Gasteiger partial charge is 0.251 e. The highest BCUT2D eigenvalue weighted by molar-refractivity contribution is 5.97. The summed E-state index contributed by atoms with van der Waals surface area (Å²) in [6.07, 6.45) is 0.831. The van der Waals surface area contributed by atoms with Crippen molar-refractivity contribution in [2.45, 2.75) is 52.8 Å². The number of aryl methyl sites for hydroxylation is 1. The number of carbonyl (C=O) groups is 2. The third kappa shape index (κ3) is 5.58. The highest BCUT2D eigenvalue weighted by Gasteiger charge is 2.17. The minimum Gasteiger partial charge on any atom is -0.485 e. The predicted molar refractivity (Wildman–Crippen MR) is 94.6 cm³/mol. The largest absolute Gasteiger partial charge is 0.485 e. The Morgan fingerprint density at radius 2 is 1.88 bits per heavy atom. The monoisotopic (exact) mass is 360 g/mol. The van der Waals surface area contributed by atoms with Crippen LogP contribution in [0.2, 0.25) is 0 Å². The van der Waals surface area contributed by atoms with Crippen LogP contribution in [0.15, 0.2) is 28.8 Å². The number of benzene rings is 1. The van der Waals surface area contributed by atoms with Crippen molar-refractivity contribution < 1.29 is 18.8 Å². The molecule has 140 valence electrons. The molecule has 0 spiro atoms. The van der Waals surface area contributed by atoms with E-state index in [4.69, 9.17) is 9.26 Å². The van der Waals surface area contributed by atoms with Crippen molar-refractivity contribution in [3.05, 3.63) is 41.5 Å². The normalized spacial score (nSPS) is 12.9. The quantitative estimate of drug-likeness (QED) is 0.746. The summed E-state index contributed by atoms with van der Waals surface area (Å²) in [4.78, 5) is 28.3. The van der Waals surface area contributed by atoms with E-state index in [2.05, 4.69) is 20.8 Å². The molecule has 0 saturated heterocycles. The third-order valence-corrected chi connectivity index (χ3v) is 3.80. The fraction of sp³-hybridized carbons (Fsp3) is 0.444. The standard InChI is InChI=1S/C18H24N4O4/c1-5-11(2)19-17(23)12(3)20-18(24)14-6-8-15(9-7-14)25-10-16-21-13(4)26-22-16/h6-9,11-12H,5,10H2,1-4H3,(H,19,23)(H,20,24). The van der Waals surface area contributed by atoms with Crippen molar-refractivity contribution >= 4 is 11.8 Å². The molecule has 26 heavy (non-hydrogen) atoms. The molecule has 1 heterocycles. The van der Waals surface area contributed by atoms with E-state index in [1.165, 1.54) is 0 Å². The van der Waals surface area contributed by atoms with Gasteiger partial charge in [-0.15, -0.1) is 0 Å². The first-order valence-corrected chi connectivity index (χ1v) is 8.52. The van der Waals surface area contributed by atoms with Crippen molar-refractivity contribution in [1.29, 1.82) is 0 Å². The van der Waals surface area contributed by atoms with Gasteiger partial charge in [-0.3, -0.25) is 9.59 Å². The zero-order chi connectivity index (χ0) is 19.1. The molecule has 2 unspecified atom stereocenters. The molecule has 2 atom stereocenters. The van der Waals surface area contributed by atoms with E-state index in [0.717, 1.165) is 6.42 Å². The molecule has 2 amide bonds. The van der Waals surface area contributed by atoms with Crippen LogP contribution in [0.3, 0.4) is 0 Å². The number of nitrogens with one attached hydrogen (secondary N) is 2. The summed E-state index contributed by atoms with van der Waals surface area (Å²) in [7, 11) is 0. The van der Waals surface area contributed by atoms with Gasteiger partial charge in [0.05, 0.1) is 0 Å². The number of ether oxygens (including phenoxy) is 1. The van der Waals surface area contributed by atoms with E-state index >= 15 is 0 Å². The number of carbonyl (C=O) groups excluding carboxylic acids is 2. The number of nitrogens with zero attached hydrogens (tertiary/aromatic N) is 2. The Labute approximate surface area is 152 Å². The minimum atomic E-state index is -0.617. The van der Waals surface area contributed by atoms with E-state index in [-0.39, 0.29) is 24.5 Å². The predicted octanol–water partition coefficient (Wildman–Crippen LogP) is 1.99. The molecule has 0 bridgehead atoms. The van der Waals surface area contributed by atoms with Crippen LogP contribution in [0.25, 0.3) is 0 Å². The molecule has 0 aliphatic heterocycles. The van der Waals surface area contributed by atoms with E-state index < -0.39 is 6.04 Å². The van der Waals surface area contributed by atoms with Crippen LogP contribution in [0.1, 0.15) is 49.3 Å². The zero-order valence-corrected chi connectivity index (χ0v) is 15.4. The third-order valence-electron chi connectivity index (χ3n) is 3.80. The summed E-state index contributed by atoms with van der Waals surface area (Å²) >= 11 is 0. The zero-order valence-electron chi connectivity index (χ0n) is 15.4. The van der Waals surface area contributed by atoms with Crippen molar-refractivity contribution in [3.8, 4) is 5.75 Å². The molecule has 8 heteroatoms. The van der Waals surface area contributed by atoms with Gasteiger partial charge in [-0.25, -0.2) is 0 Å². The van der Waals surface area contributed by atoms with Crippen molar-refractivity contribution in [2.75, 3.05) is 0 Å². The Morgan fingerprint density at radius 1 is 1.19 bits per heavy atom. The maximum Gasteiger partial charge on any atom is 0.251 e. The van der Waals surface area contributed by atoms with E-state index in [1.807, 2.05) is 13.8 Å². The fourth-order valence-corrected chi connectivity index (χ4v) is 2.07. The SMILES string of the molecule is CCC(C)NC(=O)C(C)NC(=O)c1ccc(OCc2noc(C)n2)cc1. The number of hydrogen-bond acceptors (Lipinski definition) is 6. The molecular formula is C18H24N4O4. The van der Waals surface area contributed by atoms with Gasteiger partial charge in [0.1, 0.15) is 11.8 Å². The van der Waals surface area contributed by atoms with Gasteiger partial charge in [0.2, 0.25) is 17.6 Å². The second-order valence-electron chi connectivity index (χ2n) is 6.06. The van der Waals surface area contributed by atoms with Gasteiger partial charge in [-0.1, -0.05) is 12.1 Å². The lowest BCUT2D eigenvalue weighted by atomic mass is 10.2. The van der Waals surface area contributed by atoms with Crippen molar-refractivity contribution in [1.82, 2.24) is 20.8 Å². The maximum atomic E-state index is 12.2. The van der Waals surface area contributed by atoms with E-state index in [1.54, 1.807) is 38.1 Å². The van der Waals surface area contributed by atoms with Crippen LogP contribution in [-0.2, 0) is 11.4 Å². The van der Waals surface area contributed by atoms with Crippen molar-refractivity contribution in [2.24, 2.45) is 0 Å². The van der Waals surface area contributed by atoms with Gasteiger partial charge >= 0.3 is 0 Å². The van der Waals surface area contributed by atoms with Crippen LogP contribution in [0.5, 0.6) is 5.75 Å². The molecular weight excluding hydrogens is 336 g/mol. The van der Waals surface area contributed by atoms with Crippen LogP contribution in [0.4, 0.5) is 0 Å². The molecule has 2 rings (SSSR count). The molecule has 0 saturated carbocycles. The molecule has 0 aliphatic carbocycles. The second-order valence-corrected chi connectivity index (χ2v) is 6.06. The highest BCUT2D eigenvalue weighted by atomic mass is 16.5. The summed E-state index contributed by atoms with van der Waals surface area (Å²) in [5, 5.41) is 9.26. The molecule has 2 aromatic rings. The first kappa shape index (κ1) is 19.4. The number of rotatable bonds is 8. The van der Waals surface area contributed by atoms with E-state index in [9.17, 15) is 9.59 Å². The van der Waals surface area contributed by atoms with Gasteiger partial charge < -0.3 is 19.9 Å². The first-order valence-electron chi connectivity index (χ1n) is 8.52. The average Bonchev–Trinajstić information content (AvgIpc) is 3.05. The lowest BCUT2D eigenvalue weighted by Crippen LogP contribution is -2.47. The fourth-order valence-electron chi connectivity index (χ4n) is 2.07. The number of aromatic nitrogens is 2. The molecule has 0 fully saturated rings. The molecule has 2 N–H and O–H groups in total. The van der Waals surface area contributed by atoms with Crippen molar-refractivity contribution in [3.63, 3.8) is 0 Å². The summed E-state index contributed by atoms with van der Waals surface area (Å²) in [6.45, 7) is 7.43. The van der Waals surface area contributed by atoms with Crippen LogP contribution in [0, 0.1) is 6.92 Å². The van der Waals surface area contributed by atoms with Crippen LogP contribution in [-0.4, -0.2) is 34.0 Å². The Bertz CT molecular complexity index is 742. The Morgan fingerprint density at radius 3 is 2.46 bits per heavy atom. The number of hydrogen-bond donors (Lipinski definition) is 2. The molecule has 8 nitrogen and oxygen atoms in total. The Hall–Kier alpha value is -2.90. The van der Waals surface area contributed by atoms with Crippen LogP contribution >= 0.6 is 0 Å². The number of amides is 2.